The summed E-state index contributed by atoms with van der Waals surface area (Å²) in [6.45, 7) is 3.56. The van der Waals surface area contributed by atoms with Crippen molar-refractivity contribution < 1.29 is 13.6 Å². The van der Waals surface area contributed by atoms with E-state index in [1.165, 1.54) is 18.2 Å². The highest BCUT2D eigenvalue weighted by molar-refractivity contribution is 5.97. The molecule has 0 spiro atoms. The van der Waals surface area contributed by atoms with Crippen molar-refractivity contribution in [2.45, 2.75) is 19.4 Å². The van der Waals surface area contributed by atoms with E-state index in [9.17, 15) is 14.0 Å². The first-order valence-electron chi connectivity index (χ1n) is 7.48. The first kappa shape index (κ1) is 15.9. The van der Waals surface area contributed by atoms with Crippen molar-refractivity contribution in [2.24, 2.45) is 0 Å². The molecule has 3 rings (SSSR count). The molecule has 0 unspecified atom stereocenters. The van der Waals surface area contributed by atoms with E-state index in [4.69, 9.17) is 4.42 Å². The van der Waals surface area contributed by atoms with Crippen molar-refractivity contribution in [3.05, 3.63) is 82.0 Å². The number of nitrogens with one attached hydrogen (secondary N) is 1. The SMILES string of the molecule is CC(C)(NC(=O)c1cc2ccccc2oc1=O)c1ccc(F)cc1. The number of fused-ring (bicyclic) bond motifs is 1. The molecule has 1 amide bonds. The highest BCUT2D eigenvalue weighted by Crippen LogP contribution is 2.21. The molecule has 122 valence electrons. The lowest BCUT2D eigenvalue weighted by Gasteiger charge is -2.26. The van der Waals surface area contributed by atoms with Crippen LogP contribution in [-0.2, 0) is 5.54 Å². The summed E-state index contributed by atoms with van der Waals surface area (Å²) < 4.78 is 18.2. The number of carbonyl (C=O) groups excluding carboxylic acids is 1. The summed E-state index contributed by atoms with van der Waals surface area (Å²) in [5, 5.41) is 3.46. The highest BCUT2D eigenvalue weighted by Gasteiger charge is 2.25. The van der Waals surface area contributed by atoms with Crippen LogP contribution in [0.2, 0.25) is 0 Å². The Morgan fingerprint density at radius 1 is 1.08 bits per heavy atom. The minimum Gasteiger partial charge on any atom is -0.422 e. The van der Waals surface area contributed by atoms with Crippen LogP contribution in [-0.4, -0.2) is 5.91 Å². The van der Waals surface area contributed by atoms with Crippen LogP contribution in [0, 0.1) is 5.82 Å². The van der Waals surface area contributed by atoms with E-state index in [2.05, 4.69) is 5.32 Å². The van der Waals surface area contributed by atoms with Gasteiger partial charge in [-0.1, -0.05) is 30.3 Å². The third-order valence-corrected chi connectivity index (χ3v) is 3.88. The van der Waals surface area contributed by atoms with E-state index in [-0.39, 0.29) is 11.4 Å². The van der Waals surface area contributed by atoms with E-state index in [1.54, 1.807) is 50.2 Å². The Morgan fingerprint density at radius 2 is 1.75 bits per heavy atom. The smallest absolute Gasteiger partial charge is 0.349 e. The minimum absolute atomic E-state index is 0.0658. The lowest BCUT2D eigenvalue weighted by molar-refractivity contribution is 0.0908. The molecule has 1 N–H and O–H groups in total. The van der Waals surface area contributed by atoms with E-state index < -0.39 is 17.1 Å². The van der Waals surface area contributed by atoms with Crippen molar-refractivity contribution >= 4 is 16.9 Å². The van der Waals surface area contributed by atoms with Gasteiger partial charge in [0.05, 0.1) is 5.54 Å². The number of rotatable bonds is 3. The molecule has 0 saturated carbocycles. The summed E-state index contributed by atoms with van der Waals surface area (Å²) in [4.78, 5) is 24.6. The Labute approximate surface area is 137 Å². The molecule has 4 nitrogen and oxygen atoms in total. The average Bonchev–Trinajstić information content (AvgIpc) is 2.54. The molecule has 0 aliphatic heterocycles. The molecule has 0 radical (unpaired) electrons. The summed E-state index contributed by atoms with van der Waals surface area (Å²) in [7, 11) is 0. The number of hydrogen-bond donors (Lipinski definition) is 1. The molecule has 1 aromatic heterocycles. The van der Waals surface area contributed by atoms with Gasteiger partial charge >= 0.3 is 5.63 Å². The molecule has 0 atom stereocenters. The van der Waals surface area contributed by atoms with Crippen LogP contribution in [0.1, 0.15) is 29.8 Å². The van der Waals surface area contributed by atoms with Gasteiger partial charge in [-0.05, 0) is 43.7 Å². The summed E-state index contributed by atoms with van der Waals surface area (Å²) in [5.41, 5.74) is -0.382. The van der Waals surface area contributed by atoms with Gasteiger partial charge in [0, 0.05) is 5.39 Å². The molecule has 3 aromatic rings. The summed E-state index contributed by atoms with van der Waals surface area (Å²) >= 11 is 0. The molecule has 2 aromatic carbocycles. The summed E-state index contributed by atoms with van der Waals surface area (Å²) in [6.07, 6.45) is 0. The van der Waals surface area contributed by atoms with Crippen LogP contribution < -0.4 is 10.9 Å². The maximum Gasteiger partial charge on any atom is 0.349 e. The van der Waals surface area contributed by atoms with E-state index >= 15 is 0 Å². The topological polar surface area (TPSA) is 59.3 Å². The first-order valence-corrected chi connectivity index (χ1v) is 7.48. The lowest BCUT2D eigenvalue weighted by Crippen LogP contribution is -2.42. The second kappa shape index (κ2) is 5.92. The van der Waals surface area contributed by atoms with Crippen LogP contribution in [0.5, 0.6) is 0 Å². The molecular weight excluding hydrogens is 309 g/mol. The zero-order chi connectivity index (χ0) is 17.3. The lowest BCUT2D eigenvalue weighted by atomic mass is 9.94. The Bertz CT molecular complexity index is 958. The Balaban J connectivity index is 1.93. The normalized spacial score (nSPS) is 11.5. The van der Waals surface area contributed by atoms with Crippen LogP contribution >= 0.6 is 0 Å². The fourth-order valence-corrected chi connectivity index (χ4v) is 2.51. The van der Waals surface area contributed by atoms with Gasteiger partial charge in [-0.25, -0.2) is 9.18 Å². The largest absolute Gasteiger partial charge is 0.422 e. The Morgan fingerprint density at radius 3 is 2.46 bits per heavy atom. The highest BCUT2D eigenvalue weighted by atomic mass is 19.1. The molecule has 0 saturated heterocycles. The molecule has 0 aliphatic rings. The molecule has 24 heavy (non-hydrogen) atoms. The van der Waals surface area contributed by atoms with E-state index in [0.717, 1.165) is 5.56 Å². The minimum atomic E-state index is -0.775. The molecular formula is C19H16FNO3. The number of carbonyl (C=O) groups is 1. The van der Waals surface area contributed by atoms with Gasteiger partial charge < -0.3 is 9.73 Å². The van der Waals surface area contributed by atoms with E-state index in [0.29, 0.717) is 11.0 Å². The monoisotopic (exact) mass is 325 g/mol. The average molecular weight is 325 g/mol. The standard InChI is InChI=1S/C19H16FNO3/c1-19(2,13-7-9-14(20)10-8-13)21-17(22)15-11-12-5-3-4-6-16(12)24-18(15)23/h3-11H,1-2H3,(H,21,22). The molecule has 0 bridgehead atoms. The molecule has 5 heteroatoms. The van der Waals surface area contributed by atoms with Gasteiger partial charge in [-0.3, -0.25) is 4.79 Å². The number of hydrogen-bond acceptors (Lipinski definition) is 3. The van der Waals surface area contributed by atoms with Gasteiger partial charge in [0.1, 0.15) is 17.0 Å². The van der Waals surface area contributed by atoms with E-state index in [1.807, 2.05) is 0 Å². The van der Waals surface area contributed by atoms with Crippen molar-refractivity contribution in [3.63, 3.8) is 0 Å². The molecule has 0 fully saturated rings. The molecule has 1 heterocycles. The zero-order valence-electron chi connectivity index (χ0n) is 13.3. The Kier molecular flexibility index (Phi) is 3.93. The maximum atomic E-state index is 13.1. The third-order valence-electron chi connectivity index (χ3n) is 3.88. The van der Waals surface area contributed by atoms with Crippen molar-refractivity contribution in [1.29, 1.82) is 0 Å². The van der Waals surface area contributed by atoms with Gasteiger partial charge in [0.25, 0.3) is 5.91 Å². The second-order valence-electron chi connectivity index (χ2n) is 6.07. The number of halogens is 1. The zero-order valence-corrected chi connectivity index (χ0v) is 13.3. The van der Waals surface area contributed by atoms with Gasteiger partial charge in [0.15, 0.2) is 0 Å². The van der Waals surface area contributed by atoms with Crippen molar-refractivity contribution in [3.8, 4) is 0 Å². The summed E-state index contributed by atoms with van der Waals surface area (Å²) in [5.74, 6) is -0.889. The predicted octanol–water partition coefficient (Wildman–Crippen LogP) is 3.60. The number of amides is 1. The van der Waals surface area contributed by atoms with Gasteiger partial charge in [0.2, 0.25) is 0 Å². The van der Waals surface area contributed by atoms with Crippen LogP contribution in [0.25, 0.3) is 11.0 Å². The third kappa shape index (κ3) is 3.06. The number of para-hydroxylation sites is 1. The first-order chi connectivity index (χ1) is 11.4. The quantitative estimate of drug-likeness (QED) is 0.749. The second-order valence-corrected chi connectivity index (χ2v) is 6.07. The number of benzene rings is 2. The predicted molar refractivity (Wildman–Crippen MR) is 89.4 cm³/mol. The fourth-order valence-electron chi connectivity index (χ4n) is 2.51. The van der Waals surface area contributed by atoms with Gasteiger partial charge in [-0.2, -0.15) is 0 Å². The van der Waals surface area contributed by atoms with Crippen LogP contribution in [0.3, 0.4) is 0 Å². The van der Waals surface area contributed by atoms with Crippen LogP contribution in [0.15, 0.2) is 63.8 Å². The van der Waals surface area contributed by atoms with Crippen molar-refractivity contribution in [2.75, 3.05) is 0 Å². The maximum absolute atomic E-state index is 13.1. The van der Waals surface area contributed by atoms with Crippen molar-refractivity contribution in [1.82, 2.24) is 5.32 Å². The molecule has 0 aliphatic carbocycles. The fraction of sp³-hybridized carbons (Fsp3) is 0.158. The van der Waals surface area contributed by atoms with Gasteiger partial charge in [-0.15, -0.1) is 0 Å². The summed E-state index contributed by atoms with van der Waals surface area (Å²) in [6, 6.07) is 14.3. The Hall–Kier alpha value is -2.95. The van der Waals surface area contributed by atoms with Crippen LogP contribution in [0.4, 0.5) is 4.39 Å².